The molecule has 1 aromatic rings. The van der Waals surface area contributed by atoms with Gasteiger partial charge >= 0.3 is 0 Å². The second kappa shape index (κ2) is 8.67. The van der Waals surface area contributed by atoms with Gasteiger partial charge in [-0.15, -0.1) is 0 Å². The molecule has 2 aliphatic rings. The van der Waals surface area contributed by atoms with Crippen LogP contribution in [0.5, 0.6) is 0 Å². The Labute approximate surface area is 156 Å². The Hall–Kier alpha value is -1.88. The molecular formula is C21H31N3O2. The predicted molar refractivity (Wildman–Crippen MR) is 103 cm³/mol. The molecule has 1 saturated carbocycles. The molecule has 0 spiro atoms. The topological polar surface area (TPSA) is 70.2 Å². The summed E-state index contributed by atoms with van der Waals surface area (Å²) in [5.74, 6) is -0.00147. The maximum Gasteiger partial charge on any atom is 0.243 e. The van der Waals surface area contributed by atoms with E-state index in [4.69, 9.17) is 0 Å². The standard InChI is InChI=1S/C21H31N3O2/c1-3-14(2)19(21(26)23-17-10-6-7-11-17)24-20(25)18-12-15-8-4-5-9-16(15)13-22-18/h4-5,8-9,14,17-19,22H,3,6-7,10-13H2,1-2H3,(H,23,26)(H,24,25)/t14-,18-,19-/m0/s1. The van der Waals surface area contributed by atoms with Crippen molar-refractivity contribution in [3.8, 4) is 0 Å². The van der Waals surface area contributed by atoms with E-state index < -0.39 is 6.04 Å². The van der Waals surface area contributed by atoms with Gasteiger partial charge in [0, 0.05) is 12.6 Å². The number of benzene rings is 1. The van der Waals surface area contributed by atoms with Crippen molar-refractivity contribution >= 4 is 11.8 Å². The van der Waals surface area contributed by atoms with Crippen LogP contribution in [0.25, 0.3) is 0 Å². The average Bonchev–Trinajstić information content (AvgIpc) is 3.17. The summed E-state index contributed by atoms with van der Waals surface area (Å²) in [5, 5.41) is 9.48. The fourth-order valence-electron chi connectivity index (χ4n) is 3.96. The average molecular weight is 357 g/mol. The van der Waals surface area contributed by atoms with Crippen LogP contribution in [0.4, 0.5) is 0 Å². The third-order valence-electron chi connectivity index (χ3n) is 5.89. The lowest BCUT2D eigenvalue weighted by Crippen LogP contribution is -2.57. The highest BCUT2D eigenvalue weighted by molar-refractivity contribution is 5.90. The van der Waals surface area contributed by atoms with E-state index in [1.807, 2.05) is 19.1 Å². The van der Waals surface area contributed by atoms with Crippen LogP contribution in [0.15, 0.2) is 24.3 Å². The lowest BCUT2D eigenvalue weighted by molar-refractivity contribution is -0.131. The first kappa shape index (κ1) is 18.9. The highest BCUT2D eigenvalue weighted by Crippen LogP contribution is 2.19. The van der Waals surface area contributed by atoms with E-state index in [1.165, 1.54) is 24.0 Å². The maximum absolute atomic E-state index is 12.8. The van der Waals surface area contributed by atoms with Crippen molar-refractivity contribution in [2.24, 2.45) is 5.92 Å². The Morgan fingerprint density at radius 1 is 1.19 bits per heavy atom. The molecule has 5 heteroatoms. The number of rotatable bonds is 6. The van der Waals surface area contributed by atoms with Gasteiger partial charge in [-0.05, 0) is 36.3 Å². The molecule has 1 fully saturated rings. The summed E-state index contributed by atoms with van der Waals surface area (Å²) in [6.07, 6.45) is 5.97. The molecule has 3 atom stereocenters. The smallest absolute Gasteiger partial charge is 0.243 e. The number of fused-ring (bicyclic) bond motifs is 1. The molecule has 1 aliphatic heterocycles. The molecule has 3 N–H and O–H groups in total. The second-order valence-electron chi connectivity index (χ2n) is 7.77. The molecule has 5 nitrogen and oxygen atoms in total. The van der Waals surface area contributed by atoms with Crippen LogP contribution in [0, 0.1) is 5.92 Å². The van der Waals surface area contributed by atoms with Crippen LogP contribution < -0.4 is 16.0 Å². The van der Waals surface area contributed by atoms with Gasteiger partial charge in [-0.1, -0.05) is 57.4 Å². The predicted octanol–water partition coefficient (Wildman–Crippen LogP) is 2.29. The molecule has 142 valence electrons. The third-order valence-corrected chi connectivity index (χ3v) is 5.89. The molecule has 1 aromatic carbocycles. The molecule has 0 unspecified atom stereocenters. The normalized spacial score (nSPS) is 22.3. The van der Waals surface area contributed by atoms with Crippen molar-refractivity contribution in [3.63, 3.8) is 0 Å². The number of amides is 2. The number of carbonyl (C=O) groups is 2. The fraction of sp³-hybridized carbons (Fsp3) is 0.619. The molecule has 26 heavy (non-hydrogen) atoms. The van der Waals surface area contributed by atoms with Gasteiger partial charge < -0.3 is 16.0 Å². The van der Waals surface area contributed by atoms with Crippen LogP contribution in [0.2, 0.25) is 0 Å². The number of hydrogen-bond donors (Lipinski definition) is 3. The number of hydrogen-bond acceptors (Lipinski definition) is 3. The SMILES string of the molecule is CC[C@H](C)[C@H](NC(=O)[C@@H]1Cc2ccccc2CN1)C(=O)NC1CCCC1. The molecule has 0 bridgehead atoms. The summed E-state index contributed by atoms with van der Waals surface area (Å²) in [4.78, 5) is 25.6. The molecule has 0 saturated heterocycles. The Morgan fingerprint density at radius 3 is 2.58 bits per heavy atom. The summed E-state index contributed by atoms with van der Waals surface area (Å²) >= 11 is 0. The Bertz CT molecular complexity index is 640. The van der Waals surface area contributed by atoms with Gasteiger partial charge in [0.25, 0.3) is 0 Å². The molecule has 2 amide bonds. The summed E-state index contributed by atoms with van der Waals surface area (Å²) in [6.45, 7) is 4.78. The molecule has 0 aromatic heterocycles. The van der Waals surface area contributed by atoms with Gasteiger partial charge in [-0.3, -0.25) is 9.59 Å². The van der Waals surface area contributed by atoms with Gasteiger partial charge in [0.15, 0.2) is 0 Å². The quantitative estimate of drug-likeness (QED) is 0.732. The third kappa shape index (κ3) is 4.44. The van der Waals surface area contributed by atoms with Crippen molar-refractivity contribution in [3.05, 3.63) is 35.4 Å². The van der Waals surface area contributed by atoms with Crippen LogP contribution in [0.3, 0.4) is 0 Å². The minimum Gasteiger partial charge on any atom is -0.352 e. The summed E-state index contributed by atoms with van der Waals surface area (Å²) in [6, 6.07) is 7.72. The van der Waals surface area contributed by atoms with E-state index in [0.29, 0.717) is 13.0 Å². The molecular weight excluding hydrogens is 326 g/mol. The van der Waals surface area contributed by atoms with Gasteiger partial charge in [-0.25, -0.2) is 0 Å². The van der Waals surface area contributed by atoms with E-state index in [2.05, 4.69) is 35.0 Å². The Balaban J connectivity index is 1.62. The zero-order valence-corrected chi connectivity index (χ0v) is 15.9. The largest absolute Gasteiger partial charge is 0.352 e. The van der Waals surface area contributed by atoms with E-state index in [-0.39, 0.29) is 29.8 Å². The molecule has 3 rings (SSSR count). The minimum absolute atomic E-state index is 0.0317. The van der Waals surface area contributed by atoms with Crippen molar-refractivity contribution in [2.75, 3.05) is 0 Å². The summed E-state index contributed by atoms with van der Waals surface area (Å²) in [5.41, 5.74) is 2.45. The first-order valence-corrected chi connectivity index (χ1v) is 9.99. The Kier molecular flexibility index (Phi) is 6.30. The minimum atomic E-state index is -0.466. The molecule has 1 heterocycles. The van der Waals surface area contributed by atoms with Crippen molar-refractivity contribution in [1.29, 1.82) is 0 Å². The van der Waals surface area contributed by atoms with Crippen LogP contribution in [-0.4, -0.2) is 29.9 Å². The highest BCUT2D eigenvalue weighted by atomic mass is 16.2. The zero-order chi connectivity index (χ0) is 18.5. The van der Waals surface area contributed by atoms with Crippen LogP contribution in [-0.2, 0) is 22.6 Å². The van der Waals surface area contributed by atoms with E-state index in [0.717, 1.165) is 19.3 Å². The zero-order valence-electron chi connectivity index (χ0n) is 15.9. The lowest BCUT2D eigenvalue weighted by Gasteiger charge is -2.30. The molecule has 0 radical (unpaired) electrons. The van der Waals surface area contributed by atoms with Gasteiger partial charge in [0.1, 0.15) is 6.04 Å². The van der Waals surface area contributed by atoms with E-state index in [9.17, 15) is 9.59 Å². The monoisotopic (exact) mass is 357 g/mol. The van der Waals surface area contributed by atoms with Gasteiger partial charge in [-0.2, -0.15) is 0 Å². The summed E-state index contributed by atoms with van der Waals surface area (Å²) in [7, 11) is 0. The van der Waals surface area contributed by atoms with Gasteiger partial charge in [0.05, 0.1) is 6.04 Å². The number of nitrogens with one attached hydrogen (secondary N) is 3. The lowest BCUT2D eigenvalue weighted by atomic mass is 9.94. The van der Waals surface area contributed by atoms with Gasteiger partial charge in [0.2, 0.25) is 11.8 Å². The fourth-order valence-corrected chi connectivity index (χ4v) is 3.96. The molecule has 1 aliphatic carbocycles. The van der Waals surface area contributed by atoms with E-state index >= 15 is 0 Å². The van der Waals surface area contributed by atoms with Crippen LogP contribution in [0.1, 0.15) is 57.1 Å². The van der Waals surface area contributed by atoms with Crippen molar-refractivity contribution < 1.29 is 9.59 Å². The second-order valence-corrected chi connectivity index (χ2v) is 7.77. The van der Waals surface area contributed by atoms with E-state index in [1.54, 1.807) is 0 Å². The first-order valence-electron chi connectivity index (χ1n) is 9.99. The maximum atomic E-state index is 12.8. The number of carbonyl (C=O) groups excluding carboxylic acids is 2. The Morgan fingerprint density at radius 2 is 1.88 bits per heavy atom. The summed E-state index contributed by atoms with van der Waals surface area (Å²) < 4.78 is 0. The van der Waals surface area contributed by atoms with Crippen molar-refractivity contribution in [2.45, 2.75) is 77.0 Å². The first-order chi connectivity index (χ1) is 12.6. The highest BCUT2D eigenvalue weighted by Gasteiger charge is 2.31. The van der Waals surface area contributed by atoms with Crippen LogP contribution >= 0.6 is 0 Å². The van der Waals surface area contributed by atoms with Crippen molar-refractivity contribution in [1.82, 2.24) is 16.0 Å².